The van der Waals surface area contributed by atoms with Crippen LogP contribution in [0.5, 0.6) is 0 Å². The number of aryl methyl sites for hydroxylation is 1. The maximum atomic E-state index is 4.71. The molecule has 3 aromatic rings. The summed E-state index contributed by atoms with van der Waals surface area (Å²) in [6.07, 6.45) is 0. The minimum Gasteiger partial charge on any atom is -0.247 e. The topological polar surface area (TPSA) is 12.9 Å². The third-order valence-corrected chi connectivity index (χ3v) is 3.70. The number of fused-ring (bicyclic) bond motifs is 2. The number of nitrogens with zero attached hydrogens (tertiary/aromatic N) is 1. The van der Waals surface area contributed by atoms with Gasteiger partial charge in [-0.2, -0.15) is 0 Å². The lowest BCUT2D eigenvalue weighted by Gasteiger charge is -2.07. The van der Waals surface area contributed by atoms with Crippen LogP contribution in [0.4, 0.5) is 0 Å². The first-order chi connectivity index (χ1) is 7.77. The smallest absolute Gasteiger partial charge is 0.0750 e. The normalized spacial score (nSPS) is 11.1. The Labute approximate surface area is 102 Å². The predicted octanol–water partition coefficient (Wildman–Crippen LogP) is 4.46. The lowest BCUT2D eigenvalue weighted by molar-refractivity contribution is 1.42. The predicted molar refractivity (Wildman–Crippen MR) is 71.7 cm³/mol. The van der Waals surface area contributed by atoms with Gasteiger partial charge in [0.2, 0.25) is 0 Å². The van der Waals surface area contributed by atoms with Gasteiger partial charge >= 0.3 is 0 Å². The number of pyridine rings is 1. The number of aromatic nitrogens is 1. The van der Waals surface area contributed by atoms with Crippen molar-refractivity contribution in [3.63, 3.8) is 0 Å². The van der Waals surface area contributed by atoms with Gasteiger partial charge in [0.15, 0.2) is 0 Å². The van der Waals surface area contributed by atoms with Gasteiger partial charge in [-0.3, -0.25) is 0 Å². The summed E-state index contributed by atoms with van der Waals surface area (Å²) < 4.78 is 1.14. The first-order valence-electron chi connectivity index (χ1n) is 5.21. The fourth-order valence-corrected chi connectivity index (χ4v) is 2.66. The summed E-state index contributed by atoms with van der Waals surface area (Å²) in [7, 11) is 0. The molecule has 16 heavy (non-hydrogen) atoms. The number of hydrogen-bond acceptors (Lipinski definition) is 1. The second-order valence-corrected chi connectivity index (χ2v) is 4.71. The molecule has 0 aliphatic heterocycles. The van der Waals surface area contributed by atoms with Crippen LogP contribution >= 0.6 is 15.9 Å². The van der Waals surface area contributed by atoms with Gasteiger partial charge in [-0.05, 0) is 34.5 Å². The van der Waals surface area contributed by atoms with E-state index in [2.05, 4.69) is 47.1 Å². The van der Waals surface area contributed by atoms with Gasteiger partial charge in [0, 0.05) is 15.2 Å². The van der Waals surface area contributed by atoms with Crippen LogP contribution in [0.25, 0.3) is 21.8 Å². The Morgan fingerprint density at radius 2 is 1.69 bits per heavy atom. The van der Waals surface area contributed by atoms with Crippen molar-refractivity contribution < 1.29 is 0 Å². The van der Waals surface area contributed by atoms with Gasteiger partial charge in [-0.15, -0.1) is 0 Å². The molecule has 0 saturated carbocycles. The van der Waals surface area contributed by atoms with Gasteiger partial charge in [-0.25, -0.2) is 4.98 Å². The van der Waals surface area contributed by atoms with Crippen molar-refractivity contribution >= 4 is 37.7 Å². The molecule has 2 aromatic carbocycles. The molecule has 2 heteroatoms. The highest BCUT2D eigenvalue weighted by Crippen LogP contribution is 2.31. The Hall–Kier alpha value is -1.41. The van der Waals surface area contributed by atoms with Crippen LogP contribution in [0.1, 0.15) is 5.56 Å². The van der Waals surface area contributed by atoms with Crippen molar-refractivity contribution in [2.75, 3.05) is 0 Å². The molecule has 0 unspecified atom stereocenters. The molecule has 1 nitrogen and oxygen atoms in total. The number of halogens is 1. The molecule has 0 aliphatic carbocycles. The maximum Gasteiger partial charge on any atom is 0.0750 e. The van der Waals surface area contributed by atoms with Crippen LogP contribution in [0.2, 0.25) is 0 Å². The van der Waals surface area contributed by atoms with E-state index in [1.54, 1.807) is 0 Å². The van der Waals surface area contributed by atoms with E-state index < -0.39 is 0 Å². The molecule has 0 spiro atoms. The summed E-state index contributed by atoms with van der Waals surface area (Å²) in [5, 5.41) is 2.35. The maximum absolute atomic E-state index is 4.71. The molecule has 0 radical (unpaired) electrons. The van der Waals surface area contributed by atoms with Gasteiger partial charge < -0.3 is 0 Å². The molecule has 0 aliphatic rings. The standard InChI is InChI=1S/C14H10BrN/c1-9-5-4-7-11-13(15)10-6-2-3-8-12(10)16-14(9)11/h2-8H,1H3. The fourth-order valence-electron chi connectivity index (χ4n) is 2.01. The zero-order valence-corrected chi connectivity index (χ0v) is 10.5. The molecular weight excluding hydrogens is 262 g/mol. The highest BCUT2D eigenvalue weighted by Gasteiger charge is 2.07. The van der Waals surface area contributed by atoms with E-state index >= 15 is 0 Å². The Kier molecular flexibility index (Phi) is 2.18. The van der Waals surface area contributed by atoms with Crippen molar-refractivity contribution in [2.45, 2.75) is 6.92 Å². The Balaban J connectivity index is 2.61. The van der Waals surface area contributed by atoms with Crippen molar-refractivity contribution in [1.29, 1.82) is 0 Å². The molecule has 1 heterocycles. The van der Waals surface area contributed by atoms with E-state index in [1.165, 1.54) is 16.3 Å². The number of para-hydroxylation sites is 2. The first kappa shape index (κ1) is 9.79. The first-order valence-corrected chi connectivity index (χ1v) is 6.00. The number of hydrogen-bond donors (Lipinski definition) is 0. The van der Waals surface area contributed by atoms with E-state index in [9.17, 15) is 0 Å². The molecule has 0 atom stereocenters. The zero-order chi connectivity index (χ0) is 11.1. The number of rotatable bonds is 0. The van der Waals surface area contributed by atoms with Crippen LogP contribution in [0.3, 0.4) is 0 Å². The molecule has 3 rings (SSSR count). The number of benzene rings is 2. The summed E-state index contributed by atoms with van der Waals surface area (Å²) in [4.78, 5) is 4.71. The fraction of sp³-hybridized carbons (Fsp3) is 0.0714. The Morgan fingerprint density at radius 1 is 0.938 bits per heavy atom. The molecule has 0 amide bonds. The van der Waals surface area contributed by atoms with E-state index in [0.29, 0.717) is 0 Å². The van der Waals surface area contributed by atoms with Crippen molar-refractivity contribution in [3.05, 3.63) is 52.5 Å². The molecule has 78 valence electrons. The second-order valence-electron chi connectivity index (χ2n) is 3.91. The largest absolute Gasteiger partial charge is 0.247 e. The van der Waals surface area contributed by atoms with Crippen LogP contribution in [-0.2, 0) is 0 Å². The van der Waals surface area contributed by atoms with Gasteiger partial charge in [0.1, 0.15) is 0 Å². The van der Waals surface area contributed by atoms with Crippen LogP contribution in [0.15, 0.2) is 46.9 Å². The highest BCUT2D eigenvalue weighted by molar-refractivity contribution is 9.10. The summed E-state index contributed by atoms with van der Waals surface area (Å²) in [5.74, 6) is 0. The lowest BCUT2D eigenvalue weighted by Crippen LogP contribution is -1.87. The third kappa shape index (κ3) is 1.34. The molecule has 0 N–H and O–H groups in total. The second kappa shape index (κ2) is 3.56. The summed E-state index contributed by atoms with van der Waals surface area (Å²) in [6, 6.07) is 14.5. The van der Waals surface area contributed by atoms with Crippen molar-refractivity contribution in [3.8, 4) is 0 Å². The van der Waals surface area contributed by atoms with Gasteiger partial charge in [-0.1, -0.05) is 36.4 Å². The SMILES string of the molecule is Cc1cccc2c(Br)c3ccccc3nc12. The highest BCUT2D eigenvalue weighted by atomic mass is 79.9. The monoisotopic (exact) mass is 271 g/mol. The summed E-state index contributed by atoms with van der Waals surface area (Å²) >= 11 is 3.68. The average Bonchev–Trinajstić information content (AvgIpc) is 2.31. The molecule has 0 bridgehead atoms. The molecule has 0 saturated heterocycles. The van der Waals surface area contributed by atoms with Crippen LogP contribution in [0, 0.1) is 6.92 Å². The minimum atomic E-state index is 1.04. The van der Waals surface area contributed by atoms with Crippen molar-refractivity contribution in [1.82, 2.24) is 4.98 Å². The average molecular weight is 272 g/mol. The van der Waals surface area contributed by atoms with Gasteiger partial charge in [0.25, 0.3) is 0 Å². The van der Waals surface area contributed by atoms with E-state index in [-0.39, 0.29) is 0 Å². The van der Waals surface area contributed by atoms with E-state index in [1.807, 2.05) is 18.2 Å². The Bertz CT molecular complexity index is 689. The van der Waals surface area contributed by atoms with E-state index in [0.717, 1.165) is 15.5 Å². The quantitative estimate of drug-likeness (QED) is 0.550. The summed E-state index contributed by atoms with van der Waals surface area (Å²) in [6.45, 7) is 2.09. The van der Waals surface area contributed by atoms with Crippen molar-refractivity contribution in [2.24, 2.45) is 0 Å². The molecule has 0 fully saturated rings. The van der Waals surface area contributed by atoms with Crippen LogP contribution in [-0.4, -0.2) is 4.98 Å². The van der Waals surface area contributed by atoms with Gasteiger partial charge in [0.05, 0.1) is 11.0 Å². The summed E-state index contributed by atoms with van der Waals surface area (Å²) in [5.41, 5.74) is 3.33. The van der Waals surface area contributed by atoms with E-state index in [4.69, 9.17) is 4.98 Å². The van der Waals surface area contributed by atoms with Crippen LogP contribution < -0.4 is 0 Å². The Morgan fingerprint density at radius 3 is 2.56 bits per heavy atom. The lowest BCUT2D eigenvalue weighted by atomic mass is 10.1. The zero-order valence-electron chi connectivity index (χ0n) is 8.87. The third-order valence-electron chi connectivity index (χ3n) is 2.85. The minimum absolute atomic E-state index is 1.04. The molecule has 1 aromatic heterocycles. The molecular formula is C14H10BrN.